The molecule has 0 aromatic carbocycles. The molecule has 1 N–H and O–H groups in total. The van der Waals surface area contributed by atoms with Crippen LogP contribution in [0.25, 0.3) is 22.3 Å². The molecule has 5 heterocycles. The van der Waals surface area contributed by atoms with Gasteiger partial charge in [-0.1, -0.05) is 0 Å². The summed E-state index contributed by atoms with van der Waals surface area (Å²) in [5.41, 5.74) is 2.59. The lowest BCUT2D eigenvalue weighted by atomic mass is 10.1. The molecule has 0 aliphatic carbocycles. The minimum atomic E-state index is -0.187. The largest absolute Gasteiger partial charge is 0.467 e. The number of aromatic nitrogens is 6. The molecule has 9 nitrogen and oxygen atoms in total. The number of rotatable bonds is 7. The number of fused-ring (bicyclic) bond motifs is 1. The summed E-state index contributed by atoms with van der Waals surface area (Å²) >= 11 is 0. The Bertz CT molecular complexity index is 1330. The van der Waals surface area contributed by atoms with Crippen LogP contribution < -0.4 is 5.32 Å². The molecular weight excluding hydrogens is 406 g/mol. The van der Waals surface area contributed by atoms with E-state index in [9.17, 15) is 4.79 Å². The van der Waals surface area contributed by atoms with Crippen LogP contribution in [-0.2, 0) is 13.1 Å². The maximum atomic E-state index is 13.3. The third-order valence-electron chi connectivity index (χ3n) is 5.12. The average Bonchev–Trinajstić information content (AvgIpc) is 3.57. The maximum absolute atomic E-state index is 13.3. The van der Waals surface area contributed by atoms with Crippen LogP contribution in [0.2, 0.25) is 0 Å². The third kappa shape index (κ3) is 4.00. The van der Waals surface area contributed by atoms with Gasteiger partial charge in [0.15, 0.2) is 5.65 Å². The fourth-order valence-electron chi connectivity index (χ4n) is 3.62. The van der Waals surface area contributed by atoms with Crippen molar-refractivity contribution in [2.24, 2.45) is 0 Å². The van der Waals surface area contributed by atoms with E-state index in [-0.39, 0.29) is 11.9 Å². The van der Waals surface area contributed by atoms with E-state index in [2.05, 4.69) is 20.4 Å². The molecule has 32 heavy (non-hydrogen) atoms. The van der Waals surface area contributed by atoms with Crippen LogP contribution in [0.15, 0.2) is 78.3 Å². The highest BCUT2D eigenvalue weighted by atomic mass is 16.3. The molecule has 0 fully saturated rings. The average molecular weight is 427 g/mol. The van der Waals surface area contributed by atoms with Gasteiger partial charge in [-0.05, 0) is 37.3 Å². The van der Waals surface area contributed by atoms with Crippen LogP contribution in [-0.4, -0.2) is 41.2 Å². The standard InChI is InChI=1S/C23H21N7O2/c1-16(13-29-8-7-25-15-29)27-23(31)19-10-21(17-4-2-6-24-11-17)28-22-20(19)12-26-30(22)14-18-5-3-9-32-18/h2-12,15-16H,13-14H2,1H3,(H,27,31). The number of imidazole rings is 1. The Hall–Kier alpha value is -4.27. The van der Waals surface area contributed by atoms with E-state index in [0.29, 0.717) is 35.4 Å². The molecule has 0 spiro atoms. The lowest BCUT2D eigenvalue weighted by Gasteiger charge is -2.15. The minimum absolute atomic E-state index is 0.0973. The number of hydrogen-bond acceptors (Lipinski definition) is 6. The molecule has 5 aromatic rings. The van der Waals surface area contributed by atoms with Gasteiger partial charge in [0, 0.05) is 42.9 Å². The Morgan fingerprint density at radius 1 is 1.19 bits per heavy atom. The molecule has 0 bridgehead atoms. The van der Waals surface area contributed by atoms with Gasteiger partial charge < -0.3 is 14.3 Å². The summed E-state index contributed by atoms with van der Waals surface area (Å²) in [6.45, 7) is 2.99. The second-order valence-electron chi connectivity index (χ2n) is 7.55. The van der Waals surface area contributed by atoms with Gasteiger partial charge in [0.1, 0.15) is 12.3 Å². The Balaban J connectivity index is 1.52. The number of carbonyl (C=O) groups is 1. The van der Waals surface area contributed by atoms with Crippen LogP contribution in [0.3, 0.4) is 0 Å². The van der Waals surface area contributed by atoms with Crippen LogP contribution in [0, 0.1) is 0 Å². The summed E-state index contributed by atoms with van der Waals surface area (Å²) in [6.07, 6.45) is 12.0. The van der Waals surface area contributed by atoms with Crippen molar-refractivity contribution in [2.75, 3.05) is 0 Å². The summed E-state index contributed by atoms with van der Waals surface area (Å²) in [6, 6.07) is 9.16. The van der Waals surface area contributed by atoms with Crippen molar-refractivity contribution < 1.29 is 9.21 Å². The van der Waals surface area contributed by atoms with E-state index < -0.39 is 0 Å². The van der Waals surface area contributed by atoms with Crippen molar-refractivity contribution in [3.05, 3.63) is 85.2 Å². The number of nitrogens with one attached hydrogen (secondary N) is 1. The highest BCUT2D eigenvalue weighted by Gasteiger charge is 2.19. The maximum Gasteiger partial charge on any atom is 0.252 e. The van der Waals surface area contributed by atoms with E-state index in [1.54, 1.807) is 48.1 Å². The third-order valence-corrected chi connectivity index (χ3v) is 5.12. The number of nitrogens with zero attached hydrogens (tertiary/aromatic N) is 6. The van der Waals surface area contributed by atoms with Crippen LogP contribution in [0.5, 0.6) is 0 Å². The van der Waals surface area contributed by atoms with Gasteiger partial charge >= 0.3 is 0 Å². The van der Waals surface area contributed by atoms with E-state index in [4.69, 9.17) is 9.40 Å². The number of hydrogen-bond donors (Lipinski definition) is 1. The molecule has 160 valence electrons. The molecule has 0 aliphatic heterocycles. The Kier molecular flexibility index (Phi) is 5.20. The van der Waals surface area contributed by atoms with Crippen molar-refractivity contribution >= 4 is 16.9 Å². The number of carbonyl (C=O) groups excluding carboxylic acids is 1. The van der Waals surface area contributed by atoms with Crippen molar-refractivity contribution in [3.63, 3.8) is 0 Å². The lowest BCUT2D eigenvalue weighted by molar-refractivity contribution is 0.0938. The van der Waals surface area contributed by atoms with Crippen LogP contribution in [0.1, 0.15) is 23.0 Å². The zero-order chi connectivity index (χ0) is 21.9. The van der Waals surface area contributed by atoms with Gasteiger partial charge in [-0.15, -0.1) is 0 Å². The fourth-order valence-corrected chi connectivity index (χ4v) is 3.62. The SMILES string of the molecule is CC(Cn1ccnc1)NC(=O)c1cc(-c2cccnc2)nc2c1cnn2Cc1ccco1. The monoisotopic (exact) mass is 427 g/mol. The Morgan fingerprint density at radius 3 is 2.88 bits per heavy atom. The van der Waals surface area contributed by atoms with Gasteiger partial charge in [0.25, 0.3) is 5.91 Å². The number of pyridine rings is 2. The molecule has 0 saturated carbocycles. The molecule has 5 aromatic heterocycles. The van der Waals surface area contributed by atoms with Gasteiger partial charge in [0.05, 0.1) is 35.4 Å². The summed E-state index contributed by atoms with van der Waals surface area (Å²) in [5, 5.41) is 8.23. The molecule has 1 amide bonds. The fraction of sp³-hybridized carbons (Fsp3) is 0.174. The first kappa shape index (κ1) is 19.7. The van der Waals surface area contributed by atoms with Gasteiger partial charge in [-0.25, -0.2) is 14.6 Å². The second kappa shape index (κ2) is 8.46. The normalized spacial score (nSPS) is 12.2. The summed E-state index contributed by atoms with van der Waals surface area (Å²) < 4.78 is 9.13. The predicted octanol–water partition coefficient (Wildman–Crippen LogP) is 3.15. The van der Waals surface area contributed by atoms with Crippen molar-refractivity contribution in [1.82, 2.24) is 34.6 Å². The lowest BCUT2D eigenvalue weighted by Crippen LogP contribution is -2.35. The minimum Gasteiger partial charge on any atom is -0.467 e. The highest BCUT2D eigenvalue weighted by Crippen LogP contribution is 2.25. The van der Waals surface area contributed by atoms with Gasteiger partial charge in [-0.3, -0.25) is 9.78 Å². The zero-order valence-electron chi connectivity index (χ0n) is 17.4. The molecule has 1 unspecified atom stereocenters. The predicted molar refractivity (Wildman–Crippen MR) is 118 cm³/mol. The van der Waals surface area contributed by atoms with Crippen LogP contribution >= 0.6 is 0 Å². The summed E-state index contributed by atoms with van der Waals surface area (Å²) in [4.78, 5) is 26.3. The molecule has 0 radical (unpaired) electrons. The van der Waals surface area contributed by atoms with Crippen LogP contribution in [0.4, 0.5) is 0 Å². The molecule has 1 atom stereocenters. The topological polar surface area (TPSA) is 104 Å². The summed E-state index contributed by atoms with van der Waals surface area (Å²) in [7, 11) is 0. The van der Waals surface area contributed by atoms with E-state index in [1.807, 2.05) is 42.0 Å². The first-order valence-corrected chi connectivity index (χ1v) is 10.2. The van der Waals surface area contributed by atoms with Crippen molar-refractivity contribution in [1.29, 1.82) is 0 Å². The van der Waals surface area contributed by atoms with Gasteiger partial charge in [0.2, 0.25) is 0 Å². The molecule has 9 heteroatoms. The van der Waals surface area contributed by atoms with E-state index in [0.717, 1.165) is 11.3 Å². The first-order chi connectivity index (χ1) is 15.7. The van der Waals surface area contributed by atoms with Crippen molar-refractivity contribution in [3.8, 4) is 11.3 Å². The molecule has 0 aliphatic rings. The van der Waals surface area contributed by atoms with E-state index in [1.165, 1.54) is 0 Å². The first-order valence-electron chi connectivity index (χ1n) is 10.2. The number of amides is 1. The molecule has 5 rings (SSSR count). The van der Waals surface area contributed by atoms with Gasteiger partial charge in [-0.2, -0.15) is 5.10 Å². The second-order valence-corrected chi connectivity index (χ2v) is 7.55. The highest BCUT2D eigenvalue weighted by molar-refractivity contribution is 6.06. The quantitative estimate of drug-likeness (QED) is 0.428. The zero-order valence-corrected chi connectivity index (χ0v) is 17.4. The number of furan rings is 1. The smallest absolute Gasteiger partial charge is 0.252 e. The molecular formula is C23H21N7O2. The molecule has 0 saturated heterocycles. The Morgan fingerprint density at radius 2 is 2.12 bits per heavy atom. The summed E-state index contributed by atoms with van der Waals surface area (Å²) in [5.74, 6) is 0.566. The van der Waals surface area contributed by atoms with E-state index >= 15 is 0 Å². The van der Waals surface area contributed by atoms with Crippen molar-refractivity contribution in [2.45, 2.75) is 26.1 Å². The Labute approximate surface area is 183 Å².